The van der Waals surface area contributed by atoms with E-state index in [0.29, 0.717) is 6.67 Å². The van der Waals surface area contributed by atoms with Crippen molar-refractivity contribution < 1.29 is 97.1 Å². The van der Waals surface area contributed by atoms with Gasteiger partial charge in [0.15, 0.2) is 0 Å². The Balaban J connectivity index is 0.000000729. The Morgan fingerprint density at radius 3 is 1.48 bits per heavy atom. The average Bonchev–Trinajstić information content (AvgIpc) is 3.55. The summed E-state index contributed by atoms with van der Waals surface area (Å²) >= 11 is 0. The van der Waals surface area contributed by atoms with E-state index >= 15 is 0 Å². The van der Waals surface area contributed by atoms with Crippen molar-refractivity contribution in [3.8, 4) is 0 Å². The van der Waals surface area contributed by atoms with Crippen molar-refractivity contribution in [2.45, 2.75) is 68.9 Å². The summed E-state index contributed by atoms with van der Waals surface area (Å²) in [5.41, 5.74) is 13.5. The van der Waals surface area contributed by atoms with Crippen molar-refractivity contribution in [3.05, 3.63) is 78.4 Å². The molecule has 0 bridgehead atoms. The van der Waals surface area contributed by atoms with Gasteiger partial charge in [-0.1, -0.05) is 60.7 Å². The van der Waals surface area contributed by atoms with Crippen LogP contribution in [0.1, 0.15) is 37.7 Å². The molecule has 3 aromatic carbocycles. The molecular formula is C43H55F12N7O9. The zero-order valence-electron chi connectivity index (χ0n) is 37.8. The summed E-state index contributed by atoms with van der Waals surface area (Å²) in [5.74, 6) is -10.7. The lowest BCUT2D eigenvalue weighted by atomic mass is 9.85. The number of carbonyl (C=O) groups excluding carboxylic acids is 1. The molecule has 400 valence electrons. The monoisotopic (exact) mass is 1040 g/mol. The van der Waals surface area contributed by atoms with Crippen LogP contribution in [-0.2, 0) is 30.5 Å². The molecule has 0 saturated carbocycles. The Labute approximate surface area is 398 Å². The van der Waals surface area contributed by atoms with E-state index in [-0.39, 0.29) is 5.91 Å². The number of benzene rings is 3. The van der Waals surface area contributed by atoms with Gasteiger partial charge in [-0.3, -0.25) is 9.69 Å². The van der Waals surface area contributed by atoms with Crippen molar-refractivity contribution in [2.75, 3.05) is 77.0 Å². The van der Waals surface area contributed by atoms with Gasteiger partial charge in [-0.15, -0.1) is 0 Å². The summed E-state index contributed by atoms with van der Waals surface area (Å²) in [6, 6.07) is 25.7. The minimum Gasteiger partial charge on any atom is -0.475 e. The predicted octanol–water partition coefficient (Wildman–Crippen LogP) is 5.99. The molecule has 2 fully saturated rings. The third kappa shape index (κ3) is 22.8. The summed E-state index contributed by atoms with van der Waals surface area (Å²) in [6.07, 6.45) is -15.5. The van der Waals surface area contributed by atoms with Crippen LogP contribution in [0.5, 0.6) is 0 Å². The van der Waals surface area contributed by atoms with Crippen LogP contribution >= 0.6 is 0 Å². The Morgan fingerprint density at radius 1 is 0.606 bits per heavy atom. The number of anilines is 1. The zero-order chi connectivity index (χ0) is 54.2. The molecule has 5 rings (SSSR count). The second-order valence-electron chi connectivity index (χ2n) is 15.4. The van der Waals surface area contributed by atoms with E-state index in [4.69, 9.17) is 51.1 Å². The van der Waals surface area contributed by atoms with Crippen molar-refractivity contribution >= 4 is 46.2 Å². The maximum Gasteiger partial charge on any atom is 0.490 e. The summed E-state index contributed by atoms with van der Waals surface area (Å²) in [5, 5.41) is 34.7. The molecule has 2 aliphatic heterocycles. The third-order valence-corrected chi connectivity index (χ3v) is 10.3. The van der Waals surface area contributed by atoms with E-state index in [0.717, 1.165) is 110 Å². The number of para-hydroxylation sites is 1. The number of hydrogen-bond acceptors (Lipinski definition) is 11. The molecule has 28 heteroatoms. The summed E-state index contributed by atoms with van der Waals surface area (Å²) in [7, 11) is 0. The topological polar surface area (TPSA) is 243 Å². The minimum atomic E-state index is -5.08. The van der Waals surface area contributed by atoms with Gasteiger partial charge in [0.05, 0.1) is 6.67 Å². The molecule has 3 aromatic rings. The third-order valence-electron chi connectivity index (χ3n) is 10.3. The lowest BCUT2D eigenvalue weighted by molar-refractivity contribution is -0.193. The summed E-state index contributed by atoms with van der Waals surface area (Å²) < 4.78 is 127. The minimum absolute atomic E-state index is 0.290. The Bertz CT molecular complexity index is 2000. The lowest BCUT2D eigenvalue weighted by Gasteiger charge is -2.43. The molecule has 0 aromatic heterocycles. The number of nitrogens with one attached hydrogen (secondary N) is 1. The number of carboxylic acid groups (broad SMARTS) is 4. The molecule has 9 N–H and O–H groups in total. The highest BCUT2D eigenvalue weighted by molar-refractivity contribution is 5.93. The molecular weight excluding hydrogens is 986 g/mol. The van der Waals surface area contributed by atoms with Crippen LogP contribution < -0.4 is 21.7 Å². The van der Waals surface area contributed by atoms with E-state index in [1.54, 1.807) is 0 Å². The van der Waals surface area contributed by atoms with Gasteiger partial charge in [0.1, 0.15) is 5.54 Å². The second-order valence-corrected chi connectivity index (χ2v) is 15.4. The molecule has 16 nitrogen and oxygen atoms in total. The van der Waals surface area contributed by atoms with Crippen LogP contribution in [-0.4, -0.2) is 167 Å². The number of nitrogens with two attached hydrogens (primary N) is 2. The van der Waals surface area contributed by atoms with Gasteiger partial charge in [-0.05, 0) is 99.8 Å². The highest BCUT2D eigenvalue weighted by Gasteiger charge is 2.53. The zero-order valence-corrected chi connectivity index (χ0v) is 37.8. The molecule has 2 heterocycles. The van der Waals surface area contributed by atoms with Gasteiger partial charge < -0.3 is 51.9 Å². The molecule has 0 unspecified atom stereocenters. The molecule has 2 saturated heterocycles. The molecule has 1 spiro atoms. The van der Waals surface area contributed by atoms with Gasteiger partial charge in [0.2, 0.25) is 5.91 Å². The molecule has 0 radical (unpaired) electrons. The van der Waals surface area contributed by atoms with Crippen molar-refractivity contribution in [3.63, 3.8) is 0 Å². The first-order valence-corrected chi connectivity index (χ1v) is 21.3. The van der Waals surface area contributed by atoms with Crippen LogP contribution in [0, 0.1) is 0 Å². The number of piperidine rings is 1. The SMILES string of the molecule is NCCCN(CCCN)CCCNCCN1CN(c2ccccc2)C2(CCN(Cc3cccc4ccccc34)CC2)C1=O.O=C(O)C(F)(F)F.O=C(O)C(F)(F)F.O=C(O)C(F)(F)F.O=C(O)C(F)(F)F. The first-order chi connectivity index (χ1) is 32.9. The number of nitrogens with zero attached hydrogens (tertiary/aromatic N) is 4. The molecule has 1 amide bonds. The number of amides is 1. The smallest absolute Gasteiger partial charge is 0.475 e. The molecule has 71 heavy (non-hydrogen) atoms. The number of alkyl halides is 12. The maximum atomic E-state index is 14.1. The van der Waals surface area contributed by atoms with E-state index in [1.165, 1.54) is 16.3 Å². The number of halogens is 12. The maximum absolute atomic E-state index is 14.1. The fourth-order valence-corrected chi connectivity index (χ4v) is 6.86. The van der Waals surface area contributed by atoms with E-state index in [2.05, 4.69) is 97.7 Å². The quantitative estimate of drug-likeness (QED) is 0.0644. The highest BCUT2D eigenvalue weighted by Crippen LogP contribution is 2.40. The summed E-state index contributed by atoms with van der Waals surface area (Å²) in [4.78, 5) is 59.2. The highest BCUT2D eigenvalue weighted by atomic mass is 19.4. The number of likely N-dealkylation sites (tertiary alicyclic amines) is 1. The van der Waals surface area contributed by atoms with Crippen LogP contribution in [0.3, 0.4) is 0 Å². The van der Waals surface area contributed by atoms with E-state index in [9.17, 15) is 57.5 Å². The van der Waals surface area contributed by atoms with Crippen molar-refractivity contribution in [1.82, 2.24) is 20.0 Å². The number of fused-ring (bicyclic) bond motifs is 1. The average molecular weight is 1040 g/mol. The van der Waals surface area contributed by atoms with Crippen LogP contribution in [0.15, 0.2) is 72.8 Å². The Hall–Kier alpha value is -5.97. The largest absolute Gasteiger partial charge is 0.490 e. The number of carbonyl (C=O) groups is 5. The van der Waals surface area contributed by atoms with Crippen LogP contribution in [0.2, 0.25) is 0 Å². The normalized spacial score (nSPS) is 14.8. The number of carboxylic acids is 4. The fourth-order valence-electron chi connectivity index (χ4n) is 6.86. The number of aliphatic carboxylic acids is 4. The second kappa shape index (κ2) is 29.4. The van der Waals surface area contributed by atoms with Gasteiger partial charge in [0, 0.05) is 38.4 Å². The number of hydrogen-bond donors (Lipinski definition) is 7. The van der Waals surface area contributed by atoms with E-state index in [1.807, 2.05) is 0 Å². The van der Waals surface area contributed by atoms with Crippen LogP contribution in [0.25, 0.3) is 10.8 Å². The molecule has 2 aliphatic rings. The van der Waals surface area contributed by atoms with Crippen molar-refractivity contribution in [1.29, 1.82) is 0 Å². The van der Waals surface area contributed by atoms with E-state index < -0.39 is 54.1 Å². The number of rotatable bonds is 16. The predicted molar refractivity (Wildman–Crippen MR) is 233 cm³/mol. The van der Waals surface area contributed by atoms with Gasteiger partial charge in [-0.25, -0.2) is 19.2 Å². The fraction of sp³-hybridized carbons (Fsp3) is 0.512. The lowest BCUT2D eigenvalue weighted by Crippen LogP contribution is -2.56. The van der Waals surface area contributed by atoms with Gasteiger partial charge >= 0.3 is 48.6 Å². The standard InChI is InChI=1S/C35H51N7O.4C2HF3O2/c36-18-7-22-39(23-8-19-37)24-9-20-38-21-27-41-29-42(32-13-2-1-3-14-32)35(34(41)43)16-25-40(26-17-35)28-31-12-6-11-30-10-4-5-15-33(30)31;4*3-2(4,5)1(6)7/h1-6,10-15,38H,7-9,16-29,36-37H2;4*(H,6,7). The Kier molecular flexibility index (Phi) is 26.1. The van der Waals surface area contributed by atoms with Gasteiger partial charge in [0.25, 0.3) is 0 Å². The van der Waals surface area contributed by atoms with Gasteiger partial charge in [-0.2, -0.15) is 52.7 Å². The van der Waals surface area contributed by atoms with Crippen molar-refractivity contribution in [2.24, 2.45) is 11.5 Å². The Morgan fingerprint density at radius 2 is 1.03 bits per heavy atom. The molecule has 0 atom stereocenters. The summed E-state index contributed by atoms with van der Waals surface area (Å²) in [6.45, 7) is 10.5. The first kappa shape index (κ1) is 63.0. The first-order valence-electron chi connectivity index (χ1n) is 21.3. The van der Waals surface area contributed by atoms with Crippen LogP contribution in [0.4, 0.5) is 58.4 Å². The molecule has 0 aliphatic carbocycles.